The topological polar surface area (TPSA) is 96.0 Å². The van der Waals surface area contributed by atoms with Gasteiger partial charge in [0.1, 0.15) is 18.5 Å². The van der Waals surface area contributed by atoms with Crippen LogP contribution in [0, 0.1) is 11.6 Å². The average Bonchev–Trinajstić information content (AvgIpc) is 3.22. The van der Waals surface area contributed by atoms with Gasteiger partial charge in [-0.2, -0.15) is 4.39 Å². The Morgan fingerprint density at radius 2 is 2.13 bits per heavy atom. The summed E-state index contributed by atoms with van der Waals surface area (Å²) >= 11 is 0. The molecule has 4 rings (SSSR count). The lowest BCUT2D eigenvalue weighted by Gasteiger charge is -2.35. The molecule has 0 unspecified atom stereocenters. The molecule has 2 N–H and O–H groups in total. The molecule has 2 aromatic heterocycles. The van der Waals surface area contributed by atoms with Gasteiger partial charge in [0.05, 0.1) is 18.1 Å². The van der Waals surface area contributed by atoms with Gasteiger partial charge in [-0.15, -0.1) is 0 Å². The van der Waals surface area contributed by atoms with Crippen molar-refractivity contribution in [3.8, 4) is 5.75 Å². The summed E-state index contributed by atoms with van der Waals surface area (Å²) in [6.07, 6.45) is 5.72. The third-order valence-corrected chi connectivity index (χ3v) is 5.05. The van der Waals surface area contributed by atoms with Gasteiger partial charge >= 0.3 is 0 Å². The number of unbranched alkanes of at least 4 members (excludes halogenated alkanes) is 2. The molecule has 0 fully saturated rings. The van der Waals surface area contributed by atoms with E-state index in [0.717, 1.165) is 24.4 Å². The first kappa shape index (κ1) is 20.0. The molecule has 1 amide bonds. The molecule has 158 valence electrons. The summed E-state index contributed by atoms with van der Waals surface area (Å²) in [5.41, 5.74) is 1.65. The van der Waals surface area contributed by atoms with Crippen LogP contribution in [0.4, 0.5) is 20.3 Å². The molecule has 0 aliphatic carbocycles. The molecule has 0 radical (unpaired) electrons. The van der Waals surface area contributed by atoms with Crippen molar-refractivity contribution in [3.63, 3.8) is 0 Å². The minimum absolute atomic E-state index is 0.124. The highest BCUT2D eigenvalue weighted by atomic mass is 19.2. The van der Waals surface area contributed by atoms with Crippen molar-refractivity contribution >= 4 is 28.6 Å². The summed E-state index contributed by atoms with van der Waals surface area (Å²) < 4.78 is 32.8. The number of fused-ring (bicyclic) bond motifs is 2. The van der Waals surface area contributed by atoms with E-state index in [4.69, 9.17) is 4.74 Å². The Labute approximate surface area is 171 Å². The normalized spacial score (nSPS) is 15.7. The molecular weight excluding hydrogens is 394 g/mol. The maximum absolute atomic E-state index is 14.0. The van der Waals surface area contributed by atoms with Crippen LogP contribution in [0.2, 0.25) is 0 Å². The van der Waals surface area contributed by atoms with E-state index < -0.39 is 11.6 Å². The van der Waals surface area contributed by atoms with Gasteiger partial charge in [0.2, 0.25) is 11.7 Å². The molecule has 10 heteroatoms. The van der Waals surface area contributed by atoms with Gasteiger partial charge in [-0.1, -0.05) is 6.42 Å². The van der Waals surface area contributed by atoms with Crippen LogP contribution in [0.5, 0.6) is 5.75 Å². The Morgan fingerprint density at radius 1 is 1.27 bits per heavy atom. The number of amides is 1. The molecule has 1 aliphatic rings. The fourth-order valence-corrected chi connectivity index (χ4v) is 3.55. The average molecular weight is 416 g/mol. The fraction of sp³-hybridized carbons (Fsp3) is 0.400. The number of imidazole rings is 1. The zero-order valence-corrected chi connectivity index (χ0v) is 16.5. The van der Waals surface area contributed by atoms with Crippen molar-refractivity contribution in [2.45, 2.75) is 38.6 Å². The Balaban J connectivity index is 1.27. The molecule has 1 atom stereocenters. The minimum atomic E-state index is -1.06. The largest absolute Gasteiger partial charge is 0.486 e. The standard InChI is InChI=1S/C20H22F2N6O2/c1-12-9-30-18-14(7-6-13(21)16(18)22)28(12)15(29)5-3-2-4-8-23-19-17-20(25-10-24-17)27-11-26-19/h6-7,10-12H,2-5,8-9H2,1H3,(H2,23,24,25,26,27)/t12-/m0/s1. The van der Waals surface area contributed by atoms with E-state index in [9.17, 15) is 13.6 Å². The Morgan fingerprint density at radius 3 is 3.00 bits per heavy atom. The van der Waals surface area contributed by atoms with Crippen LogP contribution in [-0.2, 0) is 4.79 Å². The molecule has 0 bridgehead atoms. The van der Waals surface area contributed by atoms with Crippen molar-refractivity contribution in [1.82, 2.24) is 19.9 Å². The van der Waals surface area contributed by atoms with Crippen molar-refractivity contribution in [2.75, 3.05) is 23.4 Å². The highest BCUT2D eigenvalue weighted by Crippen LogP contribution is 2.37. The number of carbonyl (C=O) groups is 1. The number of carbonyl (C=O) groups excluding carboxylic acids is 1. The number of nitrogens with one attached hydrogen (secondary N) is 2. The first-order valence-corrected chi connectivity index (χ1v) is 9.87. The maximum Gasteiger partial charge on any atom is 0.227 e. The number of halogens is 2. The number of hydrogen-bond acceptors (Lipinski definition) is 6. The van der Waals surface area contributed by atoms with Crippen molar-refractivity contribution in [2.24, 2.45) is 0 Å². The minimum Gasteiger partial charge on any atom is -0.486 e. The summed E-state index contributed by atoms with van der Waals surface area (Å²) in [5.74, 6) is -1.66. The summed E-state index contributed by atoms with van der Waals surface area (Å²) in [7, 11) is 0. The molecule has 0 saturated carbocycles. The summed E-state index contributed by atoms with van der Waals surface area (Å²) in [6, 6.07) is 2.17. The number of benzene rings is 1. The SMILES string of the molecule is C[C@H]1COc2c(ccc(F)c2F)N1C(=O)CCCCCNc1ncnc2nc[nH]c12. The molecule has 0 saturated heterocycles. The summed E-state index contributed by atoms with van der Waals surface area (Å²) in [5, 5.41) is 3.25. The number of H-pyrrole nitrogens is 1. The quantitative estimate of drug-likeness (QED) is 0.573. The third-order valence-electron chi connectivity index (χ3n) is 5.05. The van der Waals surface area contributed by atoms with Crippen LogP contribution in [0.25, 0.3) is 11.2 Å². The van der Waals surface area contributed by atoms with Crippen LogP contribution in [-0.4, -0.2) is 45.0 Å². The van der Waals surface area contributed by atoms with Gasteiger partial charge in [0, 0.05) is 13.0 Å². The zero-order chi connectivity index (χ0) is 21.1. The van der Waals surface area contributed by atoms with Crippen LogP contribution < -0.4 is 15.0 Å². The lowest BCUT2D eigenvalue weighted by Crippen LogP contribution is -2.45. The molecule has 3 aromatic rings. The zero-order valence-electron chi connectivity index (χ0n) is 16.5. The maximum atomic E-state index is 14.0. The number of aromatic nitrogens is 4. The lowest BCUT2D eigenvalue weighted by atomic mass is 10.1. The second-order valence-electron chi connectivity index (χ2n) is 7.19. The van der Waals surface area contributed by atoms with Crippen molar-refractivity contribution < 1.29 is 18.3 Å². The molecule has 30 heavy (non-hydrogen) atoms. The summed E-state index contributed by atoms with van der Waals surface area (Å²) in [4.78, 5) is 29.6. The van der Waals surface area contributed by atoms with E-state index in [2.05, 4.69) is 25.3 Å². The molecular formula is C20H22F2N6O2. The Kier molecular flexibility index (Phi) is 5.73. The van der Waals surface area contributed by atoms with Gasteiger partial charge in [-0.3, -0.25) is 4.79 Å². The number of rotatable bonds is 7. The number of nitrogens with zero attached hydrogens (tertiary/aromatic N) is 4. The first-order valence-electron chi connectivity index (χ1n) is 9.87. The Hall–Kier alpha value is -3.30. The van der Waals surface area contributed by atoms with Gasteiger partial charge in [-0.05, 0) is 31.9 Å². The molecule has 3 heterocycles. The number of ether oxygens (including phenoxy) is 1. The van der Waals surface area contributed by atoms with Crippen molar-refractivity contribution in [3.05, 3.63) is 36.4 Å². The van der Waals surface area contributed by atoms with E-state index in [1.165, 1.54) is 17.3 Å². The third kappa shape index (κ3) is 3.89. The fourth-order valence-electron chi connectivity index (χ4n) is 3.55. The number of anilines is 2. The van der Waals surface area contributed by atoms with E-state index in [0.29, 0.717) is 30.9 Å². The molecule has 1 aromatic carbocycles. The summed E-state index contributed by atoms with van der Waals surface area (Å²) in [6.45, 7) is 2.65. The van der Waals surface area contributed by atoms with E-state index in [1.54, 1.807) is 6.33 Å². The Bertz CT molecular complexity index is 1060. The number of hydrogen-bond donors (Lipinski definition) is 2. The first-order chi connectivity index (χ1) is 14.6. The number of aromatic amines is 1. The van der Waals surface area contributed by atoms with Gasteiger partial charge in [-0.25, -0.2) is 19.3 Å². The van der Waals surface area contributed by atoms with Gasteiger partial charge in [0.25, 0.3) is 0 Å². The second kappa shape index (κ2) is 8.60. The van der Waals surface area contributed by atoms with Crippen LogP contribution in [0.1, 0.15) is 32.6 Å². The molecule has 1 aliphatic heterocycles. The van der Waals surface area contributed by atoms with Crippen LogP contribution >= 0.6 is 0 Å². The predicted octanol–water partition coefficient (Wildman–Crippen LogP) is 3.42. The van der Waals surface area contributed by atoms with E-state index in [-0.39, 0.29) is 30.0 Å². The van der Waals surface area contributed by atoms with Crippen LogP contribution in [0.3, 0.4) is 0 Å². The molecule has 8 nitrogen and oxygen atoms in total. The smallest absolute Gasteiger partial charge is 0.227 e. The van der Waals surface area contributed by atoms with Gasteiger partial charge in [0.15, 0.2) is 23.0 Å². The predicted molar refractivity (Wildman–Crippen MR) is 107 cm³/mol. The lowest BCUT2D eigenvalue weighted by molar-refractivity contribution is -0.119. The van der Waals surface area contributed by atoms with Gasteiger partial charge < -0.3 is 19.9 Å². The van der Waals surface area contributed by atoms with E-state index in [1.807, 2.05) is 6.92 Å². The van der Waals surface area contributed by atoms with E-state index >= 15 is 0 Å². The monoisotopic (exact) mass is 416 g/mol. The second-order valence-corrected chi connectivity index (χ2v) is 7.19. The van der Waals surface area contributed by atoms with Crippen molar-refractivity contribution in [1.29, 1.82) is 0 Å². The van der Waals surface area contributed by atoms with Crippen LogP contribution in [0.15, 0.2) is 24.8 Å². The molecule has 0 spiro atoms. The highest BCUT2D eigenvalue weighted by molar-refractivity contribution is 5.96. The highest BCUT2D eigenvalue weighted by Gasteiger charge is 2.32.